The van der Waals surface area contributed by atoms with Gasteiger partial charge >= 0.3 is 0 Å². The molecule has 8 heavy (non-hydrogen) atoms. The van der Waals surface area contributed by atoms with E-state index in [-0.39, 0.29) is 0 Å². The molecule has 0 fully saturated rings. The molecular weight excluding hydrogens is 106 g/mol. The molecule has 0 aromatic heterocycles. The molecule has 3 heteroatoms. The van der Waals surface area contributed by atoms with Crippen LogP contribution in [0.15, 0.2) is 0 Å². The Hall–Kier alpha value is -0.880. The fourth-order valence-electron chi connectivity index (χ4n) is 0.0990. The van der Waals surface area contributed by atoms with E-state index in [4.69, 9.17) is 10.4 Å². The summed E-state index contributed by atoms with van der Waals surface area (Å²) in [5, 5.41) is 16.5. The average Bonchev–Trinajstić information content (AvgIpc) is 1.87. The summed E-state index contributed by atoms with van der Waals surface area (Å²) >= 11 is 0. The van der Waals surface area contributed by atoms with E-state index < -0.39 is 12.0 Å². The summed E-state index contributed by atoms with van der Waals surface area (Å²) in [6.07, 6.45) is 0.438. The number of nitriles is 1. The molecule has 0 rings (SSSR count). The van der Waals surface area contributed by atoms with Crippen molar-refractivity contribution in [3.05, 3.63) is 0 Å². The maximum Gasteiger partial charge on any atom is 0.142 e. The highest BCUT2D eigenvalue weighted by molar-refractivity contribution is 5.63. The quantitative estimate of drug-likeness (QED) is 0.500. The molecule has 0 saturated heterocycles. The second-order valence-corrected chi connectivity index (χ2v) is 1.81. The zero-order valence-corrected chi connectivity index (χ0v) is 4.59. The monoisotopic (exact) mass is 113 g/mol. The number of aldehydes is 1. The van der Waals surface area contributed by atoms with Crippen LogP contribution in [-0.2, 0) is 4.79 Å². The topological polar surface area (TPSA) is 61.1 Å². The normalized spacial score (nSPS) is 16.1. The standard InChI is InChI=1S/C5H7NO2/c1-5(2-6,3-7)4-8/h3,8H,4H2,1H3. The lowest BCUT2D eigenvalue weighted by Crippen LogP contribution is -2.19. The van der Waals surface area contributed by atoms with E-state index in [1.807, 2.05) is 0 Å². The highest BCUT2D eigenvalue weighted by Gasteiger charge is 2.20. The number of carbonyl (C=O) groups is 1. The van der Waals surface area contributed by atoms with Crippen LogP contribution in [0.2, 0.25) is 0 Å². The number of hydrogen-bond acceptors (Lipinski definition) is 3. The molecule has 0 aliphatic carbocycles. The van der Waals surface area contributed by atoms with E-state index in [0.717, 1.165) is 0 Å². The minimum absolute atomic E-state index is 0.410. The molecular formula is C5H7NO2. The van der Waals surface area contributed by atoms with Gasteiger partial charge < -0.3 is 9.90 Å². The van der Waals surface area contributed by atoms with E-state index >= 15 is 0 Å². The molecule has 0 radical (unpaired) electrons. The summed E-state index contributed by atoms with van der Waals surface area (Å²) < 4.78 is 0. The van der Waals surface area contributed by atoms with Crippen LogP contribution < -0.4 is 0 Å². The van der Waals surface area contributed by atoms with Crippen LogP contribution in [0.3, 0.4) is 0 Å². The van der Waals surface area contributed by atoms with E-state index in [1.54, 1.807) is 6.07 Å². The van der Waals surface area contributed by atoms with E-state index in [2.05, 4.69) is 0 Å². The third kappa shape index (κ3) is 1.32. The fourth-order valence-corrected chi connectivity index (χ4v) is 0.0990. The first-order chi connectivity index (χ1) is 3.68. The van der Waals surface area contributed by atoms with Gasteiger partial charge in [-0.15, -0.1) is 0 Å². The lowest BCUT2D eigenvalue weighted by Gasteiger charge is -2.05. The van der Waals surface area contributed by atoms with Crippen molar-refractivity contribution >= 4 is 6.29 Å². The van der Waals surface area contributed by atoms with Crippen molar-refractivity contribution in [3.8, 4) is 6.07 Å². The minimum Gasteiger partial charge on any atom is -0.394 e. The Morgan fingerprint density at radius 1 is 2.00 bits per heavy atom. The molecule has 44 valence electrons. The molecule has 0 heterocycles. The van der Waals surface area contributed by atoms with Gasteiger partial charge in [-0.2, -0.15) is 5.26 Å². The van der Waals surface area contributed by atoms with Crippen LogP contribution >= 0.6 is 0 Å². The highest BCUT2D eigenvalue weighted by atomic mass is 16.3. The molecule has 1 N–H and O–H groups in total. The van der Waals surface area contributed by atoms with Crippen molar-refractivity contribution in [1.82, 2.24) is 0 Å². The number of aliphatic hydroxyl groups excluding tert-OH is 1. The fraction of sp³-hybridized carbons (Fsp3) is 0.600. The summed E-state index contributed by atoms with van der Waals surface area (Å²) in [4.78, 5) is 9.91. The smallest absolute Gasteiger partial charge is 0.142 e. The maximum atomic E-state index is 9.91. The zero-order chi connectivity index (χ0) is 6.62. The van der Waals surface area contributed by atoms with Crippen LogP contribution in [0.25, 0.3) is 0 Å². The van der Waals surface area contributed by atoms with Gasteiger partial charge in [0.05, 0.1) is 12.7 Å². The first kappa shape index (κ1) is 7.12. The Bertz CT molecular complexity index is 127. The van der Waals surface area contributed by atoms with Gasteiger partial charge in [0.15, 0.2) is 0 Å². The summed E-state index contributed by atoms with van der Waals surface area (Å²) in [7, 11) is 0. The van der Waals surface area contributed by atoms with Crippen molar-refractivity contribution in [2.75, 3.05) is 6.61 Å². The Morgan fingerprint density at radius 2 is 2.50 bits per heavy atom. The van der Waals surface area contributed by atoms with Crippen LogP contribution in [0.4, 0.5) is 0 Å². The van der Waals surface area contributed by atoms with Crippen LogP contribution in [0, 0.1) is 16.7 Å². The largest absolute Gasteiger partial charge is 0.394 e. The van der Waals surface area contributed by atoms with Crippen molar-refractivity contribution in [2.45, 2.75) is 6.92 Å². The molecule has 0 aromatic carbocycles. The summed E-state index contributed by atoms with van der Waals surface area (Å²) in [6, 6.07) is 1.66. The lowest BCUT2D eigenvalue weighted by molar-refractivity contribution is -0.114. The molecule has 0 aliphatic rings. The minimum atomic E-state index is -1.19. The van der Waals surface area contributed by atoms with Crippen LogP contribution in [0.1, 0.15) is 6.92 Å². The van der Waals surface area contributed by atoms with Gasteiger partial charge in [-0.05, 0) is 6.92 Å². The Morgan fingerprint density at radius 3 is 2.50 bits per heavy atom. The number of aliphatic hydroxyl groups is 1. The number of hydrogen-bond donors (Lipinski definition) is 1. The van der Waals surface area contributed by atoms with Gasteiger partial charge in [0, 0.05) is 0 Å². The first-order valence-corrected chi connectivity index (χ1v) is 2.17. The van der Waals surface area contributed by atoms with Crippen molar-refractivity contribution in [2.24, 2.45) is 5.41 Å². The Balaban J connectivity index is 4.03. The number of nitrogens with zero attached hydrogens (tertiary/aromatic N) is 1. The van der Waals surface area contributed by atoms with Gasteiger partial charge in [0.25, 0.3) is 0 Å². The SMILES string of the molecule is CC(C#N)(C=O)CO. The highest BCUT2D eigenvalue weighted by Crippen LogP contribution is 2.07. The summed E-state index contributed by atoms with van der Waals surface area (Å²) in [6.45, 7) is 0.965. The second-order valence-electron chi connectivity index (χ2n) is 1.81. The van der Waals surface area contributed by atoms with Gasteiger partial charge in [-0.1, -0.05) is 0 Å². The lowest BCUT2D eigenvalue weighted by atomic mass is 9.97. The van der Waals surface area contributed by atoms with Gasteiger partial charge in [0.2, 0.25) is 0 Å². The predicted molar refractivity (Wildman–Crippen MR) is 26.9 cm³/mol. The molecule has 0 amide bonds. The van der Waals surface area contributed by atoms with E-state index in [9.17, 15) is 4.79 Å². The third-order valence-corrected chi connectivity index (χ3v) is 0.844. The van der Waals surface area contributed by atoms with E-state index in [1.165, 1.54) is 6.92 Å². The Kier molecular flexibility index (Phi) is 2.17. The Labute approximate surface area is 47.5 Å². The molecule has 0 bridgehead atoms. The summed E-state index contributed by atoms with van der Waals surface area (Å²) in [5.41, 5.74) is -1.19. The van der Waals surface area contributed by atoms with Crippen LogP contribution in [0.5, 0.6) is 0 Å². The molecule has 3 nitrogen and oxygen atoms in total. The predicted octanol–water partition coefficient (Wildman–Crippen LogP) is -0.293. The number of carbonyl (C=O) groups excluding carboxylic acids is 1. The summed E-state index contributed by atoms with van der Waals surface area (Å²) in [5.74, 6) is 0. The van der Waals surface area contributed by atoms with Gasteiger partial charge in [-0.3, -0.25) is 0 Å². The van der Waals surface area contributed by atoms with Crippen molar-refractivity contribution in [1.29, 1.82) is 5.26 Å². The first-order valence-electron chi connectivity index (χ1n) is 2.17. The van der Waals surface area contributed by atoms with Gasteiger partial charge in [-0.25, -0.2) is 0 Å². The number of rotatable bonds is 2. The van der Waals surface area contributed by atoms with Crippen molar-refractivity contribution in [3.63, 3.8) is 0 Å². The molecule has 0 spiro atoms. The molecule has 0 saturated carbocycles. The molecule has 0 aromatic rings. The maximum absolute atomic E-state index is 9.91. The molecule has 1 atom stereocenters. The van der Waals surface area contributed by atoms with Crippen LogP contribution in [-0.4, -0.2) is 18.0 Å². The third-order valence-electron chi connectivity index (χ3n) is 0.844. The van der Waals surface area contributed by atoms with Gasteiger partial charge in [0.1, 0.15) is 11.7 Å². The molecule has 1 unspecified atom stereocenters. The second kappa shape index (κ2) is 2.43. The van der Waals surface area contributed by atoms with Crippen molar-refractivity contribution < 1.29 is 9.90 Å². The molecule has 0 aliphatic heterocycles. The van der Waals surface area contributed by atoms with E-state index in [0.29, 0.717) is 6.29 Å². The average molecular weight is 113 g/mol. The zero-order valence-electron chi connectivity index (χ0n) is 4.59.